The highest BCUT2D eigenvalue weighted by atomic mass is 35.5. The van der Waals surface area contributed by atoms with Gasteiger partial charge in [-0.3, -0.25) is 10.1 Å². The number of benzene rings is 1. The average molecular weight is 348 g/mol. The zero-order valence-electron chi connectivity index (χ0n) is 13.6. The largest absolute Gasteiger partial charge is 0.367 e. The number of hydrogen-bond donors (Lipinski definition) is 0. The van der Waals surface area contributed by atoms with Crippen LogP contribution in [0.5, 0.6) is 0 Å². The van der Waals surface area contributed by atoms with Crippen molar-refractivity contribution in [2.75, 3.05) is 36.0 Å². The minimum Gasteiger partial charge on any atom is -0.367 e. The molecular formula is C16H18ClN5O2. The number of rotatable bonds is 3. The molecule has 0 saturated carbocycles. The molecule has 1 saturated heterocycles. The Morgan fingerprint density at radius 3 is 2.46 bits per heavy atom. The normalized spacial score (nSPS) is 14.8. The van der Waals surface area contributed by atoms with E-state index in [9.17, 15) is 10.1 Å². The van der Waals surface area contributed by atoms with Crippen LogP contribution in [0.4, 0.5) is 17.2 Å². The monoisotopic (exact) mass is 347 g/mol. The molecule has 1 aromatic carbocycles. The topological polar surface area (TPSA) is 75.4 Å². The number of nitro benzene ring substituents is 1. The summed E-state index contributed by atoms with van der Waals surface area (Å²) in [4.78, 5) is 23.5. The van der Waals surface area contributed by atoms with Crippen molar-refractivity contribution in [2.45, 2.75) is 13.8 Å². The fourth-order valence-corrected chi connectivity index (χ4v) is 3.17. The van der Waals surface area contributed by atoms with Crippen molar-refractivity contribution in [3.05, 3.63) is 50.9 Å². The molecule has 2 aromatic rings. The lowest BCUT2D eigenvalue weighted by molar-refractivity contribution is -0.385. The summed E-state index contributed by atoms with van der Waals surface area (Å²) in [5.74, 6) is 1.68. The van der Waals surface area contributed by atoms with Crippen LogP contribution in [0.1, 0.15) is 11.4 Å². The summed E-state index contributed by atoms with van der Waals surface area (Å²) in [6.07, 6.45) is 1.76. The molecule has 0 amide bonds. The van der Waals surface area contributed by atoms with Crippen LogP contribution in [0.15, 0.2) is 24.4 Å². The molecule has 0 atom stereocenters. The van der Waals surface area contributed by atoms with E-state index in [2.05, 4.69) is 19.8 Å². The number of piperazine rings is 1. The summed E-state index contributed by atoms with van der Waals surface area (Å²) in [7, 11) is 0. The van der Waals surface area contributed by atoms with Gasteiger partial charge in [0.2, 0.25) is 0 Å². The maximum absolute atomic E-state index is 11.0. The molecular weight excluding hydrogens is 330 g/mol. The summed E-state index contributed by atoms with van der Waals surface area (Å²) in [5, 5.41) is 11.4. The van der Waals surface area contributed by atoms with Crippen LogP contribution in [-0.4, -0.2) is 41.1 Å². The number of halogens is 1. The van der Waals surface area contributed by atoms with Gasteiger partial charge in [-0.15, -0.1) is 0 Å². The number of aromatic nitrogens is 2. The molecule has 0 aliphatic carbocycles. The van der Waals surface area contributed by atoms with Crippen LogP contribution in [-0.2, 0) is 0 Å². The van der Waals surface area contributed by atoms with E-state index in [0.717, 1.165) is 43.5 Å². The van der Waals surface area contributed by atoms with Gasteiger partial charge in [0.15, 0.2) is 0 Å². The Morgan fingerprint density at radius 2 is 1.83 bits per heavy atom. The molecule has 1 aliphatic rings. The van der Waals surface area contributed by atoms with Gasteiger partial charge in [0.1, 0.15) is 11.6 Å². The lowest BCUT2D eigenvalue weighted by Crippen LogP contribution is -2.47. The standard InChI is InChI=1S/C16H18ClN5O2/c1-11-9-15(13(17)10-14(11)22(23)24)20-5-7-21(8-6-20)16-3-4-18-12(2)19-16/h3-4,9-10H,5-8H2,1-2H3. The fraction of sp³-hybridized carbons (Fsp3) is 0.375. The number of hydrogen-bond acceptors (Lipinski definition) is 6. The van der Waals surface area contributed by atoms with Crippen molar-refractivity contribution in [2.24, 2.45) is 0 Å². The maximum atomic E-state index is 11.0. The van der Waals surface area contributed by atoms with Gasteiger partial charge in [-0.2, -0.15) is 0 Å². The van der Waals surface area contributed by atoms with Crippen LogP contribution >= 0.6 is 11.6 Å². The number of nitrogens with zero attached hydrogens (tertiary/aromatic N) is 5. The molecule has 1 aliphatic heterocycles. The van der Waals surface area contributed by atoms with Crippen molar-refractivity contribution in [1.29, 1.82) is 0 Å². The smallest absolute Gasteiger partial charge is 0.273 e. The van der Waals surface area contributed by atoms with E-state index >= 15 is 0 Å². The molecule has 0 N–H and O–H groups in total. The Labute approximate surface area is 145 Å². The Morgan fingerprint density at radius 1 is 1.17 bits per heavy atom. The summed E-state index contributed by atoms with van der Waals surface area (Å²) < 4.78 is 0. The molecule has 1 fully saturated rings. The summed E-state index contributed by atoms with van der Waals surface area (Å²) in [6, 6.07) is 5.14. The molecule has 8 heteroatoms. The van der Waals surface area contributed by atoms with E-state index in [1.54, 1.807) is 19.2 Å². The summed E-state index contributed by atoms with van der Waals surface area (Å²) in [6.45, 7) is 6.78. The second-order valence-electron chi connectivity index (χ2n) is 5.78. The molecule has 126 valence electrons. The van der Waals surface area contributed by atoms with Gasteiger partial charge >= 0.3 is 0 Å². The van der Waals surface area contributed by atoms with Gasteiger partial charge in [0.25, 0.3) is 5.69 Å². The molecule has 0 unspecified atom stereocenters. The number of aryl methyl sites for hydroxylation is 2. The second-order valence-corrected chi connectivity index (χ2v) is 6.19. The van der Waals surface area contributed by atoms with E-state index in [0.29, 0.717) is 10.6 Å². The van der Waals surface area contributed by atoms with Crippen molar-refractivity contribution < 1.29 is 4.92 Å². The molecule has 1 aromatic heterocycles. The van der Waals surface area contributed by atoms with Gasteiger partial charge < -0.3 is 9.80 Å². The quantitative estimate of drug-likeness (QED) is 0.627. The van der Waals surface area contributed by atoms with E-state index in [4.69, 9.17) is 11.6 Å². The van der Waals surface area contributed by atoms with Crippen molar-refractivity contribution in [3.63, 3.8) is 0 Å². The summed E-state index contributed by atoms with van der Waals surface area (Å²) in [5.41, 5.74) is 1.52. The zero-order valence-corrected chi connectivity index (χ0v) is 14.3. The molecule has 0 bridgehead atoms. The maximum Gasteiger partial charge on any atom is 0.273 e. The van der Waals surface area contributed by atoms with Crippen molar-refractivity contribution >= 4 is 28.8 Å². The highest BCUT2D eigenvalue weighted by Crippen LogP contribution is 2.33. The van der Waals surface area contributed by atoms with Gasteiger partial charge in [-0.1, -0.05) is 11.6 Å². The zero-order chi connectivity index (χ0) is 17.3. The summed E-state index contributed by atoms with van der Waals surface area (Å²) >= 11 is 6.27. The van der Waals surface area contributed by atoms with E-state index in [1.807, 2.05) is 13.0 Å². The van der Waals surface area contributed by atoms with Crippen LogP contribution in [0.2, 0.25) is 5.02 Å². The Balaban J connectivity index is 1.75. The van der Waals surface area contributed by atoms with Gasteiger partial charge in [0.05, 0.1) is 15.6 Å². The van der Waals surface area contributed by atoms with Crippen LogP contribution < -0.4 is 9.80 Å². The van der Waals surface area contributed by atoms with Gasteiger partial charge in [0, 0.05) is 44.0 Å². The van der Waals surface area contributed by atoms with Gasteiger partial charge in [-0.05, 0) is 26.0 Å². The molecule has 24 heavy (non-hydrogen) atoms. The third-order valence-corrected chi connectivity index (χ3v) is 4.47. The van der Waals surface area contributed by atoms with Crippen molar-refractivity contribution in [1.82, 2.24) is 9.97 Å². The Kier molecular flexibility index (Phi) is 4.53. The molecule has 7 nitrogen and oxygen atoms in total. The molecule has 2 heterocycles. The number of anilines is 2. The third kappa shape index (κ3) is 3.26. The lowest BCUT2D eigenvalue weighted by atomic mass is 10.1. The second kappa shape index (κ2) is 6.60. The van der Waals surface area contributed by atoms with E-state index < -0.39 is 4.92 Å². The minimum absolute atomic E-state index is 0.0545. The number of nitro groups is 1. The third-order valence-electron chi connectivity index (χ3n) is 4.17. The highest BCUT2D eigenvalue weighted by Gasteiger charge is 2.22. The predicted octanol–water partition coefficient (Wildman–Crippen LogP) is 2.98. The molecule has 3 rings (SSSR count). The van der Waals surface area contributed by atoms with Crippen LogP contribution in [0, 0.1) is 24.0 Å². The molecule has 0 spiro atoms. The fourth-order valence-electron chi connectivity index (χ4n) is 2.89. The van der Waals surface area contributed by atoms with E-state index in [-0.39, 0.29) is 5.69 Å². The van der Waals surface area contributed by atoms with Crippen molar-refractivity contribution in [3.8, 4) is 0 Å². The first-order valence-electron chi connectivity index (χ1n) is 7.70. The van der Waals surface area contributed by atoms with Crippen LogP contribution in [0.3, 0.4) is 0 Å². The minimum atomic E-state index is -0.402. The Bertz CT molecular complexity index is 775. The lowest BCUT2D eigenvalue weighted by Gasteiger charge is -2.37. The van der Waals surface area contributed by atoms with E-state index in [1.165, 1.54) is 6.07 Å². The average Bonchev–Trinajstić information content (AvgIpc) is 2.56. The molecule has 0 radical (unpaired) electrons. The van der Waals surface area contributed by atoms with Crippen LogP contribution in [0.25, 0.3) is 0 Å². The van der Waals surface area contributed by atoms with Gasteiger partial charge in [-0.25, -0.2) is 9.97 Å². The predicted molar refractivity (Wildman–Crippen MR) is 94.0 cm³/mol. The first-order chi connectivity index (χ1) is 11.5. The highest BCUT2D eigenvalue weighted by molar-refractivity contribution is 6.33. The first kappa shape index (κ1) is 16.4. The Hall–Kier alpha value is -2.41. The SMILES string of the molecule is Cc1nccc(N2CCN(c3cc(C)c([N+](=O)[O-])cc3Cl)CC2)n1. The first-order valence-corrected chi connectivity index (χ1v) is 8.07.